The van der Waals surface area contributed by atoms with E-state index in [9.17, 15) is 9.59 Å². The van der Waals surface area contributed by atoms with Gasteiger partial charge < -0.3 is 30.8 Å². The number of anilines is 2. The number of fused-ring (bicyclic) bond motifs is 1. The Morgan fingerprint density at radius 2 is 1.82 bits per heavy atom. The maximum Gasteiger partial charge on any atom is 0.335 e. The molecule has 0 saturated heterocycles. The molecule has 0 fully saturated rings. The number of carboxylic acid groups (broad SMARTS) is 1. The molecule has 4 aromatic rings. The summed E-state index contributed by atoms with van der Waals surface area (Å²) in [6.45, 7) is 3.27. The molecule has 0 aliphatic rings. The fraction of sp³-hybridized carbons (Fsp3) is 0.222. The molecule has 2 aromatic heterocycles. The van der Waals surface area contributed by atoms with Crippen molar-refractivity contribution in [3.63, 3.8) is 0 Å². The number of nitrogens with two attached hydrogens (primary N) is 1. The molecule has 0 radical (unpaired) electrons. The Balaban J connectivity index is 0.000000244. The predicted octanol–water partition coefficient (Wildman–Crippen LogP) is 3.61. The molecule has 0 amide bonds. The fourth-order valence-corrected chi connectivity index (χ4v) is 3.48. The van der Waals surface area contributed by atoms with E-state index in [-0.39, 0.29) is 17.4 Å². The highest BCUT2D eigenvalue weighted by Crippen LogP contribution is 2.18. The van der Waals surface area contributed by atoms with Gasteiger partial charge in [0, 0.05) is 31.0 Å². The number of carbonyl (C=O) groups is 2. The Morgan fingerprint density at radius 3 is 2.45 bits per heavy atom. The van der Waals surface area contributed by atoms with Crippen molar-refractivity contribution in [3.05, 3.63) is 83.8 Å². The van der Waals surface area contributed by atoms with Gasteiger partial charge in [0.1, 0.15) is 17.5 Å². The maximum atomic E-state index is 11.1. The number of nitrogens with zero attached hydrogens (tertiary/aromatic N) is 3. The predicted molar refractivity (Wildman–Crippen MR) is 146 cm³/mol. The normalized spacial score (nSPS) is 10.3. The Kier molecular flexibility index (Phi) is 9.75. The van der Waals surface area contributed by atoms with Gasteiger partial charge in [-0.15, -0.1) is 0 Å². The smallest absolute Gasteiger partial charge is 0.335 e. The standard InChI is InChI=1S/C17H17N5O2.C10H14N2O2/c1-22-14-7-4-11(17(23)24)8-13(14)21-15(22)9-20-12-5-2-10(3-6-12)16(18)19;1-2-14-10(13)6-8-12-9-5-3-4-7-11-9/h2-8,20H,9H2,1H3,(H3,18,19)(H,23,24);3-5,7H,2,6,8H2,1H3,(H,11,12). The second-order valence-electron chi connectivity index (χ2n) is 8.14. The third-order valence-corrected chi connectivity index (χ3v) is 5.47. The summed E-state index contributed by atoms with van der Waals surface area (Å²) in [6, 6.07) is 17.7. The van der Waals surface area contributed by atoms with Gasteiger partial charge in [-0.3, -0.25) is 10.2 Å². The molecule has 2 aromatic carbocycles. The van der Waals surface area contributed by atoms with E-state index in [1.165, 1.54) is 0 Å². The van der Waals surface area contributed by atoms with Crippen LogP contribution in [0.2, 0.25) is 0 Å². The van der Waals surface area contributed by atoms with Crippen LogP contribution < -0.4 is 16.4 Å². The van der Waals surface area contributed by atoms with Crippen molar-refractivity contribution in [1.82, 2.24) is 14.5 Å². The highest BCUT2D eigenvalue weighted by molar-refractivity contribution is 5.95. The van der Waals surface area contributed by atoms with Gasteiger partial charge in [-0.05, 0) is 61.5 Å². The van der Waals surface area contributed by atoms with Gasteiger partial charge in [-0.2, -0.15) is 0 Å². The van der Waals surface area contributed by atoms with Gasteiger partial charge in [0.15, 0.2) is 0 Å². The SMILES string of the molecule is CCOC(=O)CCNc1ccccn1.Cn1c(CNc2ccc(C(=N)N)cc2)nc2cc(C(=O)O)ccc21. The van der Waals surface area contributed by atoms with Crippen molar-refractivity contribution in [2.75, 3.05) is 23.8 Å². The molecule has 0 unspecified atom stereocenters. The zero-order valence-corrected chi connectivity index (χ0v) is 21.3. The van der Waals surface area contributed by atoms with Gasteiger partial charge in [0.05, 0.1) is 36.2 Å². The molecule has 0 aliphatic heterocycles. The second kappa shape index (κ2) is 13.4. The number of hydrogen-bond donors (Lipinski definition) is 5. The average Bonchev–Trinajstić information content (AvgIpc) is 3.23. The molecule has 4 rings (SSSR count). The minimum Gasteiger partial charge on any atom is -0.478 e. The molecule has 38 heavy (non-hydrogen) atoms. The van der Waals surface area contributed by atoms with Gasteiger partial charge in [0.2, 0.25) is 0 Å². The molecule has 0 atom stereocenters. The van der Waals surface area contributed by atoms with Crippen LogP contribution in [0.3, 0.4) is 0 Å². The van der Waals surface area contributed by atoms with Crippen LogP contribution in [0.25, 0.3) is 11.0 Å². The number of ether oxygens (including phenoxy) is 1. The fourth-order valence-electron chi connectivity index (χ4n) is 3.48. The Labute approximate surface area is 220 Å². The number of aromatic carboxylic acids is 1. The first-order valence-corrected chi connectivity index (χ1v) is 12.0. The van der Waals surface area contributed by atoms with Crippen molar-refractivity contribution >= 4 is 40.3 Å². The van der Waals surface area contributed by atoms with Crippen LogP contribution in [0, 0.1) is 5.41 Å². The number of nitrogen functional groups attached to an aromatic ring is 1. The van der Waals surface area contributed by atoms with E-state index >= 15 is 0 Å². The Bertz CT molecular complexity index is 1390. The van der Waals surface area contributed by atoms with Crippen molar-refractivity contribution in [2.24, 2.45) is 12.8 Å². The zero-order valence-electron chi connectivity index (χ0n) is 21.3. The molecule has 2 heterocycles. The summed E-state index contributed by atoms with van der Waals surface area (Å²) >= 11 is 0. The first kappa shape index (κ1) is 27.7. The molecule has 0 aliphatic carbocycles. The van der Waals surface area contributed by atoms with E-state index in [2.05, 4.69) is 20.6 Å². The minimum atomic E-state index is -0.965. The summed E-state index contributed by atoms with van der Waals surface area (Å²) in [5.74, 6) is 0.454. The third-order valence-electron chi connectivity index (χ3n) is 5.47. The van der Waals surface area contributed by atoms with Crippen molar-refractivity contribution in [1.29, 1.82) is 5.41 Å². The lowest BCUT2D eigenvalue weighted by atomic mass is 10.2. The van der Waals surface area contributed by atoms with E-state index in [0.717, 1.165) is 22.8 Å². The monoisotopic (exact) mass is 517 g/mol. The number of hydrogen-bond acceptors (Lipinski definition) is 8. The number of nitrogens with one attached hydrogen (secondary N) is 3. The molecule has 0 spiro atoms. The number of aryl methyl sites for hydroxylation is 1. The average molecular weight is 518 g/mol. The van der Waals surface area contributed by atoms with E-state index in [4.69, 9.17) is 21.0 Å². The van der Waals surface area contributed by atoms with E-state index in [1.54, 1.807) is 43.5 Å². The number of esters is 1. The number of benzene rings is 2. The van der Waals surface area contributed by atoms with Crippen LogP contribution in [0.15, 0.2) is 66.9 Å². The summed E-state index contributed by atoms with van der Waals surface area (Å²) < 4.78 is 6.71. The van der Waals surface area contributed by atoms with Gasteiger partial charge in [-0.1, -0.05) is 6.07 Å². The quantitative estimate of drug-likeness (QED) is 0.120. The summed E-state index contributed by atoms with van der Waals surface area (Å²) in [6.07, 6.45) is 2.07. The molecular formula is C27H31N7O4. The number of carbonyl (C=O) groups excluding carboxylic acids is 1. The van der Waals surface area contributed by atoms with E-state index in [1.807, 2.05) is 41.9 Å². The van der Waals surface area contributed by atoms with E-state index < -0.39 is 5.97 Å². The molecular weight excluding hydrogens is 486 g/mol. The largest absolute Gasteiger partial charge is 0.478 e. The van der Waals surface area contributed by atoms with Gasteiger partial charge in [0.25, 0.3) is 0 Å². The van der Waals surface area contributed by atoms with Crippen LogP contribution in [-0.2, 0) is 23.1 Å². The molecule has 0 bridgehead atoms. The topological polar surface area (TPSA) is 168 Å². The highest BCUT2D eigenvalue weighted by Gasteiger charge is 2.11. The van der Waals surface area contributed by atoms with Gasteiger partial charge >= 0.3 is 11.9 Å². The minimum absolute atomic E-state index is 0.0335. The number of rotatable bonds is 10. The number of pyridine rings is 1. The lowest BCUT2D eigenvalue weighted by molar-refractivity contribution is -0.142. The van der Waals surface area contributed by atoms with E-state index in [0.29, 0.717) is 37.2 Å². The third kappa shape index (κ3) is 7.79. The summed E-state index contributed by atoms with van der Waals surface area (Å²) in [4.78, 5) is 30.6. The van der Waals surface area contributed by atoms with Crippen LogP contribution in [0.4, 0.5) is 11.5 Å². The van der Waals surface area contributed by atoms with Crippen molar-refractivity contribution < 1.29 is 19.4 Å². The van der Waals surface area contributed by atoms with Crippen LogP contribution in [0.1, 0.15) is 35.1 Å². The van der Waals surface area contributed by atoms with Crippen LogP contribution in [0.5, 0.6) is 0 Å². The van der Waals surface area contributed by atoms with Crippen molar-refractivity contribution in [3.8, 4) is 0 Å². The molecule has 0 saturated carbocycles. The first-order chi connectivity index (χ1) is 18.3. The Hall–Kier alpha value is -4.93. The van der Waals surface area contributed by atoms with Gasteiger partial charge in [-0.25, -0.2) is 14.8 Å². The van der Waals surface area contributed by atoms with Crippen LogP contribution >= 0.6 is 0 Å². The number of aromatic nitrogens is 3. The molecule has 198 valence electrons. The number of carboxylic acids is 1. The maximum absolute atomic E-state index is 11.1. The second-order valence-corrected chi connectivity index (χ2v) is 8.14. The Morgan fingerprint density at radius 1 is 1.08 bits per heavy atom. The lowest BCUT2D eigenvalue weighted by Gasteiger charge is -2.07. The highest BCUT2D eigenvalue weighted by atomic mass is 16.5. The summed E-state index contributed by atoms with van der Waals surface area (Å²) in [5.41, 5.74) is 8.75. The number of amidine groups is 1. The molecule has 6 N–H and O–H groups in total. The number of imidazole rings is 1. The first-order valence-electron chi connectivity index (χ1n) is 12.0. The molecule has 11 nitrogen and oxygen atoms in total. The molecule has 11 heteroatoms. The van der Waals surface area contributed by atoms with Crippen LogP contribution in [-0.4, -0.2) is 50.6 Å². The summed E-state index contributed by atoms with van der Waals surface area (Å²) in [5, 5.41) is 22.7. The lowest BCUT2D eigenvalue weighted by Crippen LogP contribution is -2.11. The van der Waals surface area contributed by atoms with Crippen molar-refractivity contribution in [2.45, 2.75) is 19.9 Å². The zero-order chi connectivity index (χ0) is 27.5. The summed E-state index contributed by atoms with van der Waals surface area (Å²) in [7, 11) is 1.89.